The van der Waals surface area contributed by atoms with E-state index in [1.165, 1.54) is 0 Å². The second kappa shape index (κ2) is 8.71. The summed E-state index contributed by atoms with van der Waals surface area (Å²) in [5.74, 6) is 0.182. The minimum atomic E-state index is -0.664. The van der Waals surface area contributed by atoms with E-state index in [1.54, 1.807) is 31.4 Å². The van der Waals surface area contributed by atoms with Crippen LogP contribution >= 0.6 is 0 Å². The number of nitrogens with one attached hydrogen (secondary N) is 2. The van der Waals surface area contributed by atoms with E-state index >= 15 is 0 Å². The van der Waals surface area contributed by atoms with Gasteiger partial charge in [-0.2, -0.15) is 0 Å². The van der Waals surface area contributed by atoms with Crippen molar-refractivity contribution < 1.29 is 13.9 Å². The molecule has 2 aromatic carbocycles. The van der Waals surface area contributed by atoms with Crippen LogP contribution in [-0.2, 0) is 13.0 Å². The average Bonchev–Trinajstić information content (AvgIpc) is 2.70. The number of fused-ring (bicyclic) bond motifs is 1. The molecule has 28 heavy (non-hydrogen) atoms. The Balaban J connectivity index is 1.93. The normalized spacial score (nSPS) is 10.8. The quantitative estimate of drug-likeness (QED) is 0.611. The fourth-order valence-corrected chi connectivity index (χ4v) is 3.17. The molecule has 0 aliphatic rings. The highest BCUT2D eigenvalue weighted by molar-refractivity contribution is 6.05. The van der Waals surface area contributed by atoms with Crippen LogP contribution < -0.4 is 21.0 Å². The van der Waals surface area contributed by atoms with Crippen LogP contribution in [0.1, 0.15) is 34.8 Å². The molecule has 6 nitrogen and oxygen atoms in total. The summed E-state index contributed by atoms with van der Waals surface area (Å²) in [4.78, 5) is 25.1. The molecule has 6 heteroatoms. The Hall–Kier alpha value is -3.12. The lowest BCUT2D eigenvalue weighted by Crippen LogP contribution is -2.21. The third-order valence-electron chi connectivity index (χ3n) is 4.52. The summed E-state index contributed by atoms with van der Waals surface area (Å²) in [6.45, 7) is 2.78. The van der Waals surface area contributed by atoms with E-state index in [1.807, 2.05) is 32.2 Å². The maximum atomic E-state index is 12.6. The molecular weight excluding hydrogens is 356 g/mol. The maximum absolute atomic E-state index is 12.6. The Morgan fingerprint density at radius 1 is 1.14 bits per heavy atom. The van der Waals surface area contributed by atoms with Crippen LogP contribution in [0.25, 0.3) is 11.0 Å². The molecular formula is C22H24N2O4. The number of hydrogen-bond donors (Lipinski definition) is 2. The monoisotopic (exact) mass is 380 g/mol. The van der Waals surface area contributed by atoms with Gasteiger partial charge in [0.2, 0.25) is 0 Å². The van der Waals surface area contributed by atoms with E-state index in [0.717, 1.165) is 24.1 Å². The van der Waals surface area contributed by atoms with Crippen LogP contribution in [0, 0.1) is 0 Å². The fourth-order valence-electron chi connectivity index (χ4n) is 3.17. The van der Waals surface area contributed by atoms with Crippen LogP contribution in [0.15, 0.2) is 51.7 Å². The molecule has 0 spiro atoms. The number of ether oxygens (including phenoxy) is 1. The largest absolute Gasteiger partial charge is 0.496 e. The van der Waals surface area contributed by atoms with Gasteiger partial charge in [-0.05, 0) is 49.4 Å². The molecule has 0 aliphatic carbocycles. The number of rotatable bonds is 7. The summed E-state index contributed by atoms with van der Waals surface area (Å²) < 4.78 is 10.9. The molecule has 0 bridgehead atoms. The second-order valence-electron chi connectivity index (χ2n) is 6.54. The second-order valence-corrected chi connectivity index (χ2v) is 6.54. The minimum absolute atomic E-state index is 0.0283. The van der Waals surface area contributed by atoms with Crippen molar-refractivity contribution in [2.24, 2.45) is 0 Å². The summed E-state index contributed by atoms with van der Waals surface area (Å²) in [5.41, 5.74) is 2.33. The molecule has 146 valence electrons. The zero-order chi connectivity index (χ0) is 20.1. The highest BCUT2D eigenvalue weighted by Gasteiger charge is 2.17. The molecule has 0 saturated carbocycles. The topological polar surface area (TPSA) is 80.6 Å². The third kappa shape index (κ3) is 4.07. The molecule has 1 amide bonds. The Morgan fingerprint density at radius 2 is 1.89 bits per heavy atom. The Labute approximate surface area is 163 Å². The molecule has 0 fully saturated rings. The van der Waals surface area contributed by atoms with Gasteiger partial charge in [0.25, 0.3) is 5.91 Å². The molecule has 0 atom stereocenters. The van der Waals surface area contributed by atoms with Gasteiger partial charge in [0.05, 0.1) is 7.11 Å². The Morgan fingerprint density at radius 3 is 2.54 bits per heavy atom. The molecule has 2 N–H and O–H groups in total. The molecule has 3 aromatic rings. The molecule has 1 aromatic heterocycles. The van der Waals surface area contributed by atoms with Crippen molar-refractivity contribution in [2.75, 3.05) is 19.5 Å². The highest BCUT2D eigenvalue weighted by Crippen LogP contribution is 2.29. The van der Waals surface area contributed by atoms with Crippen molar-refractivity contribution in [3.8, 4) is 5.75 Å². The first-order chi connectivity index (χ1) is 13.6. The van der Waals surface area contributed by atoms with Crippen molar-refractivity contribution in [3.63, 3.8) is 0 Å². The predicted molar refractivity (Wildman–Crippen MR) is 110 cm³/mol. The summed E-state index contributed by atoms with van der Waals surface area (Å²) in [6, 6.07) is 12.6. The zero-order valence-electron chi connectivity index (χ0n) is 16.3. The maximum Gasteiger partial charge on any atom is 0.349 e. The first-order valence-electron chi connectivity index (χ1n) is 9.26. The van der Waals surface area contributed by atoms with Crippen LogP contribution in [-0.4, -0.2) is 20.1 Å². The van der Waals surface area contributed by atoms with Gasteiger partial charge in [-0.15, -0.1) is 0 Å². The predicted octanol–water partition coefficient (Wildman–Crippen LogP) is 3.73. The van der Waals surface area contributed by atoms with Crippen molar-refractivity contribution in [3.05, 3.63) is 69.6 Å². The van der Waals surface area contributed by atoms with Gasteiger partial charge < -0.3 is 19.8 Å². The zero-order valence-corrected chi connectivity index (χ0v) is 16.3. The number of amides is 1. The van der Waals surface area contributed by atoms with Gasteiger partial charge in [-0.1, -0.05) is 25.5 Å². The van der Waals surface area contributed by atoms with Gasteiger partial charge in [0.15, 0.2) is 0 Å². The number of aryl methyl sites for hydroxylation is 1. The number of carbonyl (C=O) groups is 1. The lowest BCUT2D eigenvalue weighted by molar-refractivity contribution is 0.102. The summed E-state index contributed by atoms with van der Waals surface area (Å²) in [7, 11) is 3.46. The summed E-state index contributed by atoms with van der Waals surface area (Å²) in [5, 5.41) is 6.51. The van der Waals surface area contributed by atoms with Crippen LogP contribution in [0.4, 0.5) is 5.69 Å². The standard InChI is InChI=1S/C22H24N2O4/c1-4-5-17-19(27-3)11-8-15-12-18(22(26)28-20(15)17)21(25)24-16-9-6-14(7-10-16)13-23-2/h6-12,23H,4-5,13H2,1-3H3,(H,24,25). The van der Waals surface area contributed by atoms with E-state index < -0.39 is 11.5 Å². The van der Waals surface area contributed by atoms with Gasteiger partial charge in [0, 0.05) is 23.2 Å². The van der Waals surface area contributed by atoms with Crippen LogP contribution in [0.2, 0.25) is 0 Å². The first kappa shape index (κ1) is 19.6. The van der Waals surface area contributed by atoms with Gasteiger partial charge in [-0.3, -0.25) is 4.79 Å². The molecule has 0 unspecified atom stereocenters. The number of carbonyl (C=O) groups excluding carboxylic acids is 1. The Bertz CT molecular complexity index is 1040. The van der Waals surface area contributed by atoms with E-state index in [0.29, 0.717) is 28.8 Å². The molecule has 0 saturated heterocycles. The smallest absolute Gasteiger partial charge is 0.349 e. The molecule has 1 heterocycles. The lowest BCUT2D eigenvalue weighted by atomic mass is 10.0. The van der Waals surface area contributed by atoms with Crippen LogP contribution in [0.5, 0.6) is 5.75 Å². The SMILES string of the molecule is CCCc1c(OC)ccc2cc(C(=O)Nc3ccc(CNC)cc3)c(=O)oc12. The Kier molecular flexibility index (Phi) is 6.11. The van der Waals surface area contributed by atoms with Crippen molar-refractivity contribution in [1.82, 2.24) is 5.32 Å². The number of hydrogen-bond acceptors (Lipinski definition) is 5. The van der Waals surface area contributed by atoms with Crippen LogP contribution in [0.3, 0.4) is 0 Å². The van der Waals surface area contributed by atoms with E-state index in [9.17, 15) is 9.59 Å². The summed E-state index contributed by atoms with van der Waals surface area (Å²) in [6.07, 6.45) is 1.60. The minimum Gasteiger partial charge on any atom is -0.496 e. The van der Waals surface area contributed by atoms with Crippen molar-refractivity contribution in [1.29, 1.82) is 0 Å². The number of benzene rings is 2. The number of methoxy groups -OCH3 is 1. The van der Waals surface area contributed by atoms with E-state index in [4.69, 9.17) is 9.15 Å². The first-order valence-corrected chi connectivity index (χ1v) is 9.26. The molecule has 0 aliphatic heterocycles. The van der Waals surface area contributed by atoms with E-state index in [-0.39, 0.29) is 5.56 Å². The van der Waals surface area contributed by atoms with Crippen molar-refractivity contribution in [2.45, 2.75) is 26.3 Å². The lowest BCUT2D eigenvalue weighted by Gasteiger charge is -2.11. The van der Waals surface area contributed by atoms with Crippen molar-refractivity contribution >= 4 is 22.6 Å². The van der Waals surface area contributed by atoms with Gasteiger partial charge in [0.1, 0.15) is 16.9 Å². The van der Waals surface area contributed by atoms with Gasteiger partial charge in [-0.25, -0.2) is 4.79 Å². The third-order valence-corrected chi connectivity index (χ3v) is 4.52. The molecule has 0 radical (unpaired) electrons. The highest BCUT2D eigenvalue weighted by atomic mass is 16.5. The fraction of sp³-hybridized carbons (Fsp3) is 0.273. The molecule has 3 rings (SSSR count). The van der Waals surface area contributed by atoms with E-state index in [2.05, 4.69) is 10.6 Å². The average molecular weight is 380 g/mol. The number of anilines is 1. The van der Waals surface area contributed by atoms with Gasteiger partial charge >= 0.3 is 5.63 Å². The summed E-state index contributed by atoms with van der Waals surface area (Å²) >= 11 is 0.